The van der Waals surface area contributed by atoms with Crippen molar-refractivity contribution >= 4 is 0 Å². The molecule has 0 atom stereocenters. The number of hydrogen-bond acceptors (Lipinski definition) is 2. The van der Waals surface area contributed by atoms with Gasteiger partial charge in [-0.15, -0.1) is 0 Å². The third-order valence-electron chi connectivity index (χ3n) is 5.84. The molecule has 0 unspecified atom stereocenters. The van der Waals surface area contributed by atoms with Gasteiger partial charge in [-0.05, 0) is 62.8 Å². The minimum absolute atomic E-state index is 0.413. The van der Waals surface area contributed by atoms with Crippen LogP contribution in [0.1, 0.15) is 50.0 Å². The molecule has 3 heteroatoms. The Balaban J connectivity index is 1.71. The highest BCUT2D eigenvalue weighted by atomic mass is 15.1. The predicted octanol–water partition coefficient (Wildman–Crippen LogP) is 2.39. The maximum atomic E-state index is 5.68. The Labute approximate surface area is 115 Å². The molecule has 104 valence electrons. The largest absolute Gasteiger partial charge is 0.337 e. The van der Waals surface area contributed by atoms with Crippen LogP contribution < -0.4 is 5.73 Å². The van der Waals surface area contributed by atoms with Crippen LogP contribution in [-0.2, 0) is 18.9 Å². The van der Waals surface area contributed by atoms with E-state index >= 15 is 0 Å². The molecule has 5 rings (SSSR count). The topological polar surface area (TPSA) is 43.8 Å². The minimum Gasteiger partial charge on any atom is -0.337 e. The van der Waals surface area contributed by atoms with E-state index in [1.807, 2.05) is 0 Å². The van der Waals surface area contributed by atoms with Gasteiger partial charge in [-0.3, -0.25) is 0 Å². The first-order chi connectivity index (χ1) is 9.18. The van der Waals surface area contributed by atoms with E-state index in [0.29, 0.717) is 12.0 Å². The Hall–Kier alpha value is -0.830. The Morgan fingerprint density at radius 3 is 2.32 bits per heavy atom. The van der Waals surface area contributed by atoms with Crippen LogP contribution in [0.5, 0.6) is 0 Å². The van der Waals surface area contributed by atoms with Crippen molar-refractivity contribution in [3.8, 4) is 0 Å². The molecule has 2 N–H and O–H groups in total. The molecule has 3 nitrogen and oxygen atoms in total. The smallest absolute Gasteiger partial charge is 0.114 e. The Morgan fingerprint density at radius 1 is 1.21 bits per heavy atom. The lowest BCUT2D eigenvalue weighted by Gasteiger charge is -2.56. The SMILES string of the molecule is Cn1cc(CCN)nc1C12CC3CC(CC(C3)C1)C2. The van der Waals surface area contributed by atoms with Crippen LogP contribution in [0.4, 0.5) is 0 Å². The summed E-state index contributed by atoms with van der Waals surface area (Å²) in [7, 11) is 2.18. The van der Waals surface area contributed by atoms with Crippen molar-refractivity contribution in [1.29, 1.82) is 0 Å². The zero-order valence-electron chi connectivity index (χ0n) is 11.9. The van der Waals surface area contributed by atoms with Gasteiger partial charge in [0.15, 0.2) is 0 Å². The van der Waals surface area contributed by atoms with Gasteiger partial charge in [0.2, 0.25) is 0 Å². The second kappa shape index (κ2) is 4.08. The van der Waals surface area contributed by atoms with Crippen LogP contribution in [-0.4, -0.2) is 16.1 Å². The van der Waals surface area contributed by atoms with E-state index in [2.05, 4.69) is 17.8 Å². The molecule has 19 heavy (non-hydrogen) atoms. The Bertz CT molecular complexity index is 453. The van der Waals surface area contributed by atoms with Gasteiger partial charge in [-0.2, -0.15) is 0 Å². The maximum absolute atomic E-state index is 5.68. The molecule has 1 heterocycles. The molecule has 0 amide bonds. The number of rotatable bonds is 3. The fraction of sp³-hybridized carbons (Fsp3) is 0.812. The molecule has 4 bridgehead atoms. The van der Waals surface area contributed by atoms with Gasteiger partial charge < -0.3 is 10.3 Å². The zero-order chi connectivity index (χ0) is 13.0. The van der Waals surface area contributed by atoms with Crippen LogP contribution in [0.3, 0.4) is 0 Å². The van der Waals surface area contributed by atoms with Gasteiger partial charge in [-0.25, -0.2) is 4.98 Å². The number of hydrogen-bond donors (Lipinski definition) is 1. The first-order valence-electron chi connectivity index (χ1n) is 7.91. The molecule has 1 aromatic heterocycles. The van der Waals surface area contributed by atoms with Crippen LogP contribution in [0.25, 0.3) is 0 Å². The van der Waals surface area contributed by atoms with E-state index in [4.69, 9.17) is 10.7 Å². The number of imidazole rings is 1. The molecule has 4 fully saturated rings. The molecule has 1 aromatic rings. The predicted molar refractivity (Wildman–Crippen MR) is 75.8 cm³/mol. The summed E-state index contributed by atoms with van der Waals surface area (Å²) >= 11 is 0. The average molecular weight is 259 g/mol. The van der Waals surface area contributed by atoms with Crippen molar-refractivity contribution < 1.29 is 0 Å². The van der Waals surface area contributed by atoms with Crippen LogP contribution >= 0.6 is 0 Å². The summed E-state index contributed by atoms with van der Waals surface area (Å²) in [5, 5.41) is 0. The van der Waals surface area contributed by atoms with E-state index in [1.54, 1.807) is 0 Å². The van der Waals surface area contributed by atoms with E-state index < -0.39 is 0 Å². The van der Waals surface area contributed by atoms with Gasteiger partial charge in [0, 0.05) is 25.1 Å². The summed E-state index contributed by atoms with van der Waals surface area (Å²) in [6.45, 7) is 0.706. The molecule has 4 saturated carbocycles. The summed E-state index contributed by atoms with van der Waals surface area (Å²) in [6.07, 6.45) is 11.8. The van der Waals surface area contributed by atoms with E-state index in [1.165, 1.54) is 50.0 Å². The first kappa shape index (κ1) is 12.0. The van der Waals surface area contributed by atoms with Crippen molar-refractivity contribution in [3.63, 3.8) is 0 Å². The lowest BCUT2D eigenvalue weighted by molar-refractivity contribution is -0.0106. The molecular weight excluding hydrogens is 234 g/mol. The molecular formula is C16H25N3. The molecule has 0 radical (unpaired) electrons. The van der Waals surface area contributed by atoms with Gasteiger partial charge >= 0.3 is 0 Å². The lowest BCUT2D eigenvalue weighted by Crippen LogP contribution is -2.49. The summed E-state index contributed by atoms with van der Waals surface area (Å²) < 4.78 is 2.30. The van der Waals surface area contributed by atoms with Gasteiger partial charge in [0.05, 0.1) is 5.69 Å². The Morgan fingerprint density at radius 2 is 1.79 bits per heavy atom. The summed E-state index contributed by atoms with van der Waals surface area (Å²) in [5.41, 5.74) is 7.28. The molecule has 4 aliphatic carbocycles. The van der Waals surface area contributed by atoms with E-state index in [-0.39, 0.29) is 0 Å². The molecule has 4 aliphatic rings. The number of nitrogens with two attached hydrogens (primary N) is 1. The van der Waals surface area contributed by atoms with Crippen molar-refractivity contribution in [2.75, 3.05) is 6.54 Å². The van der Waals surface area contributed by atoms with Crippen molar-refractivity contribution in [2.24, 2.45) is 30.5 Å². The minimum atomic E-state index is 0.413. The van der Waals surface area contributed by atoms with Gasteiger partial charge in [0.1, 0.15) is 5.82 Å². The van der Waals surface area contributed by atoms with E-state index in [0.717, 1.165) is 24.2 Å². The molecule has 0 aliphatic heterocycles. The number of aromatic nitrogens is 2. The maximum Gasteiger partial charge on any atom is 0.114 e. The number of aryl methyl sites for hydroxylation is 1. The quantitative estimate of drug-likeness (QED) is 0.906. The number of nitrogens with zero attached hydrogens (tertiary/aromatic N) is 2. The molecule has 0 saturated heterocycles. The fourth-order valence-electron chi connectivity index (χ4n) is 5.67. The highest BCUT2D eigenvalue weighted by molar-refractivity contribution is 5.20. The standard InChI is InChI=1S/C16H25N3/c1-19-10-14(2-3-17)18-15(19)16-7-11-4-12(8-16)6-13(5-11)9-16/h10-13H,2-9,17H2,1H3. The van der Waals surface area contributed by atoms with Crippen LogP contribution in [0.15, 0.2) is 6.20 Å². The van der Waals surface area contributed by atoms with Gasteiger partial charge in [0.25, 0.3) is 0 Å². The highest BCUT2D eigenvalue weighted by Gasteiger charge is 2.53. The zero-order valence-corrected chi connectivity index (χ0v) is 11.9. The lowest BCUT2D eigenvalue weighted by atomic mass is 9.49. The first-order valence-corrected chi connectivity index (χ1v) is 7.91. The normalized spacial score (nSPS) is 40.0. The summed E-state index contributed by atoms with van der Waals surface area (Å²) in [5.74, 6) is 4.33. The van der Waals surface area contributed by atoms with Crippen LogP contribution in [0, 0.1) is 17.8 Å². The fourth-order valence-corrected chi connectivity index (χ4v) is 5.67. The highest BCUT2D eigenvalue weighted by Crippen LogP contribution is 2.60. The van der Waals surface area contributed by atoms with E-state index in [9.17, 15) is 0 Å². The van der Waals surface area contributed by atoms with Crippen molar-refractivity contribution in [2.45, 2.75) is 50.4 Å². The monoisotopic (exact) mass is 259 g/mol. The summed E-state index contributed by atoms with van der Waals surface area (Å²) in [6, 6.07) is 0. The van der Waals surface area contributed by atoms with Gasteiger partial charge in [-0.1, -0.05) is 0 Å². The third kappa shape index (κ3) is 1.78. The molecule has 0 spiro atoms. The van der Waals surface area contributed by atoms with Crippen molar-refractivity contribution in [3.05, 3.63) is 17.7 Å². The Kier molecular flexibility index (Phi) is 2.57. The summed E-state index contributed by atoms with van der Waals surface area (Å²) in [4.78, 5) is 4.97. The second-order valence-electron chi connectivity index (χ2n) is 7.40. The third-order valence-corrected chi connectivity index (χ3v) is 5.84. The van der Waals surface area contributed by atoms with Crippen molar-refractivity contribution in [1.82, 2.24) is 9.55 Å². The second-order valence-corrected chi connectivity index (χ2v) is 7.40. The van der Waals surface area contributed by atoms with Crippen LogP contribution in [0.2, 0.25) is 0 Å². The molecule has 0 aromatic carbocycles. The average Bonchev–Trinajstić information content (AvgIpc) is 2.70.